The third-order valence-electron chi connectivity index (χ3n) is 3.20. The van der Waals surface area contributed by atoms with Crippen molar-refractivity contribution in [2.75, 3.05) is 6.26 Å². The highest BCUT2D eigenvalue weighted by molar-refractivity contribution is 7.97. The maximum Gasteiger partial charge on any atom is 0.305 e. The minimum atomic E-state index is -0.927. The fraction of sp³-hybridized carbons (Fsp3) is 0.400. The topological polar surface area (TPSA) is 84.2 Å². The molecule has 1 aromatic heterocycles. The van der Waals surface area contributed by atoms with Gasteiger partial charge in [0.05, 0.1) is 23.2 Å². The van der Waals surface area contributed by atoms with Crippen LogP contribution in [-0.4, -0.2) is 38.8 Å². The van der Waals surface area contributed by atoms with Gasteiger partial charge in [-0.25, -0.2) is 4.98 Å². The third kappa shape index (κ3) is 4.00. The maximum absolute atomic E-state index is 12.1. The van der Waals surface area contributed by atoms with Crippen LogP contribution < -0.4 is 5.32 Å². The number of hydrogen-bond donors (Lipinski definition) is 2. The van der Waals surface area contributed by atoms with Crippen molar-refractivity contribution in [2.45, 2.75) is 31.7 Å². The van der Waals surface area contributed by atoms with E-state index in [4.69, 9.17) is 5.11 Å². The Morgan fingerprint density at radius 3 is 2.82 bits per heavy atom. The SMILES string of the molecule is CSCc1nc2ccccc2n1CC(=O)NC(C)CC(=O)O. The maximum atomic E-state index is 12.1. The predicted molar refractivity (Wildman–Crippen MR) is 86.8 cm³/mol. The van der Waals surface area contributed by atoms with Crippen LogP contribution >= 0.6 is 11.8 Å². The van der Waals surface area contributed by atoms with Crippen molar-refractivity contribution in [2.24, 2.45) is 0 Å². The van der Waals surface area contributed by atoms with E-state index in [0.717, 1.165) is 16.9 Å². The molecule has 0 aliphatic heterocycles. The van der Waals surface area contributed by atoms with Gasteiger partial charge < -0.3 is 15.0 Å². The molecule has 6 nitrogen and oxygen atoms in total. The minimum absolute atomic E-state index is 0.0892. The van der Waals surface area contributed by atoms with Gasteiger partial charge in [-0.2, -0.15) is 11.8 Å². The van der Waals surface area contributed by atoms with Gasteiger partial charge in [0.15, 0.2) is 0 Å². The fourth-order valence-electron chi connectivity index (χ4n) is 2.32. The first-order chi connectivity index (χ1) is 10.5. The van der Waals surface area contributed by atoms with Crippen molar-refractivity contribution in [3.63, 3.8) is 0 Å². The molecule has 7 heteroatoms. The van der Waals surface area contributed by atoms with Gasteiger partial charge in [-0.05, 0) is 25.3 Å². The number of aliphatic carboxylic acids is 1. The highest BCUT2D eigenvalue weighted by Crippen LogP contribution is 2.18. The first kappa shape index (κ1) is 16.4. The number of thioether (sulfide) groups is 1. The Bertz CT molecular complexity index is 684. The molecule has 0 spiro atoms. The summed E-state index contributed by atoms with van der Waals surface area (Å²) in [6.45, 7) is 1.82. The van der Waals surface area contributed by atoms with Crippen LogP contribution in [0.5, 0.6) is 0 Å². The van der Waals surface area contributed by atoms with E-state index in [1.165, 1.54) is 0 Å². The number of nitrogens with zero attached hydrogens (tertiary/aromatic N) is 2. The van der Waals surface area contributed by atoms with Crippen LogP contribution in [0.1, 0.15) is 19.2 Å². The normalized spacial score (nSPS) is 12.3. The van der Waals surface area contributed by atoms with E-state index in [-0.39, 0.29) is 18.9 Å². The summed E-state index contributed by atoms with van der Waals surface area (Å²) in [6, 6.07) is 7.27. The lowest BCUT2D eigenvalue weighted by atomic mass is 10.2. The molecule has 22 heavy (non-hydrogen) atoms. The van der Waals surface area contributed by atoms with Crippen molar-refractivity contribution in [1.29, 1.82) is 0 Å². The van der Waals surface area contributed by atoms with Crippen molar-refractivity contribution >= 4 is 34.7 Å². The molecule has 0 saturated heterocycles. The van der Waals surface area contributed by atoms with E-state index in [9.17, 15) is 9.59 Å². The predicted octanol–water partition coefficient (Wildman–Crippen LogP) is 1.88. The standard InChI is InChI=1S/C15H19N3O3S/c1-10(7-15(20)21)16-14(19)8-18-12-6-4-3-5-11(12)17-13(18)9-22-2/h3-6,10H,7-9H2,1-2H3,(H,16,19)(H,20,21). The molecular formula is C15H19N3O3S. The number of rotatable bonds is 7. The number of benzene rings is 1. The highest BCUT2D eigenvalue weighted by Gasteiger charge is 2.15. The van der Waals surface area contributed by atoms with Crippen LogP contribution in [0, 0.1) is 0 Å². The Morgan fingerprint density at radius 1 is 1.41 bits per heavy atom. The number of carbonyl (C=O) groups excluding carboxylic acids is 1. The summed E-state index contributed by atoms with van der Waals surface area (Å²) in [4.78, 5) is 27.3. The summed E-state index contributed by atoms with van der Waals surface area (Å²) in [6.07, 6.45) is 1.90. The molecule has 0 saturated carbocycles. The zero-order valence-corrected chi connectivity index (χ0v) is 13.4. The van der Waals surface area contributed by atoms with Crippen molar-refractivity contribution in [1.82, 2.24) is 14.9 Å². The lowest BCUT2D eigenvalue weighted by Crippen LogP contribution is -2.36. The van der Waals surface area contributed by atoms with E-state index in [1.807, 2.05) is 35.1 Å². The molecular weight excluding hydrogens is 302 g/mol. The van der Waals surface area contributed by atoms with Gasteiger partial charge in [-0.15, -0.1) is 0 Å². The Morgan fingerprint density at radius 2 is 2.14 bits per heavy atom. The van der Waals surface area contributed by atoms with Crippen molar-refractivity contribution in [3.8, 4) is 0 Å². The molecule has 1 aromatic carbocycles. The highest BCUT2D eigenvalue weighted by atomic mass is 32.2. The number of carboxylic acids is 1. The van der Waals surface area contributed by atoms with E-state index in [2.05, 4.69) is 10.3 Å². The molecule has 0 aliphatic carbocycles. The number of imidazole rings is 1. The number of aromatic nitrogens is 2. The fourth-order valence-corrected chi connectivity index (χ4v) is 2.80. The molecule has 0 fully saturated rings. The van der Waals surface area contributed by atoms with Gasteiger partial charge in [0.2, 0.25) is 5.91 Å². The smallest absolute Gasteiger partial charge is 0.305 e. The van der Waals surface area contributed by atoms with Crippen LogP contribution in [0.3, 0.4) is 0 Å². The number of para-hydroxylation sites is 2. The largest absolute Gasteiger partial charge is 0.481 e. The summed E-state index contributed by atoms with van der Waals surface area (Å²) in [5.74, 6) is 0.421. The number of amides is 1. The number of carboxylic acid groups (broad SMARTS) is 1. The van der Waals surface area contributed by atoms with Crippen LogP contribution in [0.15, 0.2) is 24.3 Å². The minimum Gasteiger partial charge on any atom is -0.481 e. The summed E-state index contributed by atoms with van der Waals surface area (Å²) >= 11 is 1.64. The summed E-state index contributed by atoms with van der Waals surface area (Å²) < 4.78 is 1.88. The number of nitrogens with one attached hydrogen (secondary N) is 1. The monoisotopic (exact) mass is 321 g/mol. The molecule has 1 unspecified atom stereocenters. The van der Waals surface area contributed by atoms with Crippen LogP contribution in [0.2, 0.25) is 0 Å². The Labute approximate surface area is 132 Å². The molecule has 0 bridgehead atoms. The zero-order chi connectivity index (χ0) is 16.1. The summed E-state index contributed by atoms with van der Waals surface area (Å²) in [7, 11) is 0. The Balaban J connectivity index is 2.17. The lowest BCUT2D eigenvalue weighted by Gasteiger charge is -2.13. The second-order valence-corrected chi connectivity index (χ2v) is 5.97. The molecule has 1 heterocycles. The van der Waals surface area contributed by atoms with Crippen molar-refractivity contribution < 1.29 is 14.7 Å². The molecule has 2 rings (SSSR count). The summed E-state index contributed by atoms with van der Waals surface area (Å²) in [5.41, 5.74) is 1.77. The second-order valence-electron chi connectivity index (χ2n) is 5.10. The first-order valence-corrected chi connectivity index (χ1v) is 8.35. The average Bonchev–Trinajstić information content (AvgIpc) is 2.76. The lowest BCUT2D eigenvalue weighted by molar-refractivity contribution is -0.137. The molecule has 2 N–H and O–H groups in total. The molecule has 0 aliphatic rings. The molecule has 1 atom stereocenters. The van der Waals surface area contributed by atoms with E-state index in [0.29, 0.717) is 5.75 Å². The molecule has 1 amide bonds. The zero-order valence-electron chi connectivity index (χ0n) is 12.6. The Hall–Kier alpha value is -2.02. The number of hydrogen-bond acceptors (Lipinski definition) is 4. The van der Waals surface area contributed by atoms with E-state index < -0.39 is 12.0 Å². The molecule has 0 radical (unpaired) electrons. The Kier molecular flexibility index (Phi) is 5.43. The number of fused-ring (bicyclic) bond motifs is 1. The van der Waals surface area contributed by atoms with Crippen molar-refractivity contribution in [3.05, 3.63) is 30.1 Å². The quantitative estimate of drug-likeness (QED) is 0.813. The second kappa shape index (κ2) is 7.31. The van der Waals surface area contributed by atoms with Crippen LogP contribution in [0.4, 0.5) is 0 Å². The van der Waals surface area contributed by atoms with Gasteiger partial charge in [0.25, 0.3) is 0 Å². The third-order valence-corrected chi connectivity index (χ3v) is 3.74. The van der Waals surface area contributed by atoms with E-state index in [1.54, 1.807) is 18.7 Å². The van der Waals surface area contributed by atoms with Gasteiger partial charge in [-0.1, -0.05) is 12.1 Å². The van der Waals surface area contributed by atoms with Gasteiger partial charge >= 0.3 is 5.97 Å². The van der Waals surface area contributed by atoms with Gasteiger partial charge in [0, 0.05) is 6.04 Å². The molecule has 118 valence electrons. The van der Waals surface area contributed by atoms with Crippen LogP contribution in [0.25, 0.3) is 11.0 Å². The van der Waals surface area contributed by atoms with Crippen LogP contribution in [-0.2, 0) is 21.9 Å². The average molecular weight is 321 g/mol. The first-order valence-electron chi connectivity index (χ1n) is 6.95. The number of carbonyl (C=O) groups is 2. The van der Waals surface area contributed by atoms with E-state index >= 15 is 0 Å². The summed E-state index contributed by atoms with van der Waals surface area (Å²) in [5, 5.41) is 11.4. The van der Waals surface area contributed by atoms with Gasteiger partial charge in [-0.3, -0.25) is 9.59 Å². The van der Waals surface area contributed by atoms with Gasteiger partial charge in [0.1, 0.15) is 12.4 Å². The molecule has 2 aromatic rings.